The second-order valence-corrected chi connectivity index (χ2v) is 7.54. The molecule has 4 rings (SSSR count). The minimum atomic E-state index is -4.28. The van der Waals surface area contributed by atoms with Crippen molar-refractivity contribution >= 4 is 11.9 Å². The predicted octanol–water partition coefficient (Wildman–Crippen LogP) is 2.91. The molecule has 2 aromatic rings. The zero-order valence-corrected chi connectivity index (χ0v) is 17.5. The second kappa shape index (κ2) is 10.5. The van der Waals surface area contributed by atoms with E-state index in [1.165, 1.54) is 5.56 Å². The van der Waals surface area contributed by atoms with Crippen LogP contribution in [-0.2, 0) is 28.9 Å². The summed E-state index contributed by atoms with van der Waals surface area (Å²) in [6.45, 7) is 5.45. The minimum absolute atomic E-state index is 0.279. The van der Waals surface area contributed by atoms with Gasteiger partial charge in [0.15, 0.2) is 11.5 Å². The van der Waals surface area contributed by atoms with Gasteiger partial charge in [-0.05, 0) is 35.4 Å². The molecule has 2 N–H and O–H groups in total. The van der Waals surface area contributed by atoms with Crippen LogP contribution < -0.4 is 9.47 Å². The summed E-state index contributed by atoms with van der Waals surface area (Å²) in [4.78, 5) is 22.9. The number of aliphatic carboxylic acids is 2. The molecule has 2 aromatic carbocycles. The van der Waals surface area contributed by atoms with Crippen molar-refractivity contribution in [2.24, 2.45) is 0 Å². The topological polar surface area (TPSA) is 99.5 Å². The third-order valence-electron chi connectivity index (χ3n) is 5.18. The summed E-state index contributed by atoms with van der Waals surface area (Å²) in [5, 5.41) is 14.8. The van der Waals surface area contributed by atoms with Crippen molar-refractivity contribution in [3.63, 3.8) is 0 Å². The van der Waals surface area contributed by atoms with Gasteiger partial charge in [0.1, 0.15) is 0 Å². The fourth-order valence-corrected chi connectivity index (χ4v) is 3.46. The zero-order chi connectivity index (χ0) is 24.0. The molecule has 0 aliphatic carbocycles. The van der Waals surface area contributed by atoms with E-state index in [2.05, 4.69) is 15.9 Å². The van der Waals surface area contributed by atoms with Crippen molar-refractivity contribution in [1.29, 1.82) is 0 Å². The quantitative estimate of drug-likeness (QED) is 0.661. The van der Waals surface area contributed by atoms with Crippen LogP contribution >= 0.6 is 0 Å². The molecule has 8 nitrogen and oxygen atoms in total. The number of benzene rings is 2. The molecular formula is C22H23F3N2O6. The summed E-state index contributed by atoms with van der Waals surface area (Å²) in [5.41, 5.74) is 1.50. The molecule has 0 aromatic heterocycles. The van der Waals surface area contributed by atoms with Gasteiger partial charge in [0.25, 0.3) is 0 Å². The summed E-state index contributed by atoms with van der Waals surface area (Å²) in [5.74, 6) is -2.06. The molecule has 2 heterocycles. The van der Waals surface area contributed by atoms with Gasteiger partial charge in [-0.2, -0.15) is 13.2 Å². The Morgan fingerprint density at radius 1 is 0.788 bits per heavy atom. The van der Waals surface area contributed by atoms with Crippen LogP contribution in [0, 0.1) is 0 Å². The van der Waals surface area contributed by atoms with E-state index in [0.717, 1.165) is 61.9 Å². The predicted molar refractivity (Wildman–Crippen MR) is 110 cm³/mol. The van der Waals surface area contributed by atoms with E-state index in [0.29, 0.717) is 6.54 Å². The number of piperazine rings is 1. The van der Waals surface area contributed by atoms with E-state index in [1.54, 1.807) is 12.1 Å². The molecule has 0 bridgehead atoms. The first-order chi connectivity index (χ1) is 15.6. The van der Waals surface area contributed by atoms with Gasteiger partial charge in [-0.15, -0.1) is 0 Å². The Kier molecular flexibility index (Phi) is 7.77. The molecule has 33 heavy (non-hydrogen) atoms. The summed E-state index contributed by atoms with van der Waals surface area (Å²) in [6, 6.07) is 11.5. The van der Waals surface area contributed by atoms with Gasteiger partial charge in [0.2, 0.25) is 6.79 Å². The Morgan fingerprint density at radius 2 is 1.27 bits per heavy atom. The fraction of sp³-hybridized carbons (Fsp3) is 0.364. The molecule has 0 radical (unpaired) electrons. The summed E-state index contributed by atoms with van der Waals surface area (Å²) in [6.07, 6.45) is -4.28. The van der Waals surface area contributed by atoms with Gasteiger partial charge in [-0.25, -0.2) is 9.59 Å². The molecule has 2 aliphatic rings. The minimum Gasteiger partial charge on any atom is -0.473 e. The molecule has 2 aliphatic heterocycles. The molecule has 0 atom stereocenters. The van der Waals surface area contributed by atoms with Crippen molar-refractivity contribution in [3.05, 3.63) is 59.2 Å². The number of hydrogen-bond acceptors (Lipinski definition) is 6. The van der Waals surface area contributed by atoms with Crippen LogP contribution in [-0.4, -0.2) is 64.9 Å². The van der Waals surface area contributed by atoms with Crippen LogP contribution in [0.3, 0.4) is 0 Å². The van der Waals surface area contributed by atoms with E-state index < -0.39 is 23.7 Å². The third kappa shape index (κ3) is 7.09. The highest BCUT2D eigenvalue weighted by Crippen LogP contribution is 2.33. The maximum atomic E-state index is 12.6. The number of nitrogens with zero attached hydrogens (tertiary/aromatic N) is 2. The number of ether oxygens (including phenoxy) is 2. The lowest BCUT2D eigenvalue weighted by Gasteiger charge is -2.34. The van der Waals surface area contributed by atoms with Gasteiger partial charge >= 0.3 is 18.1 Å². The summed E-state index contributed by atoms with van der Waals surface area (Å²) < 4.78 is 48.7. The lowest BCUT2D eigenvalue weighted by molar-refractivity contribution is -0.159. The number of carboxylic acid groups (broad SMARTS) is 2. The SMILES string of the molecule is FC(F)(F)c1ccc(CN2CCN(Cc3ccc4c(c3)OCO4)CC2)cc1.O=C(O)C(=O)O. The first-order valence-corrected chi connectivity index (χ1v) is 10.1. The number of hydrogen-bond donors (Lipinski definition) is 2. The zero-order valence-electron chi connectivity index (χ0n) is 17.5. The van der Waals surface area contributed by atoms with Gasteiger partial charge in [-0.1, -0.05) is 18.2 Å². The highest BCUT2D eigenvalue weighted by Gasteiger charge is 2.30. The van der Waals surface area contributed by atoms with Crippen molar-refractivity contribution < 1.29 is 42.4 Å². The Bertz CT molecular complexity index is 961. The monoisotopic (exact) mass is 468 g/mol. The molecule has 0 saturated carbocycles. The molecule has 11 heteroatoms. The first kappa shape index (κ1) is 24.3. The lowest BCUT2D eigenvalue weighted by Crippen LogP contribution is -2.45. The third-order valence-corrected chi connectivity index (χ3v) is 5.18. The van der Waals surface area contributed by atoms with E-state index in [1.807, 2.05) is 12.1 Å². The average molecular weight is 468 g/mol. The number of halogens is 3. The van der Waals surface area contributed by atoms with Crippen molar-refractivity contribution in [1.82, 2.24) is 9.80 Å². The second-order valence-electron chi connectivity index (χ2n) is 7.54. The van der Waals surface area contributed by atoms with Gasteiger partial charge in [0.05, 0.1) is 5.56 Å². The molecule has 178 valence electrons. The number of rotatable bonds is 4. The van der Waals surface area contributed by atoms with Crippen molar-refractivity contribution in [3.8, 4) is 11.5 Å². The molecular weight excluding hydrogens is 445 g/mol. The molecule has 1 saturated heterocycles. The summed E-state index contributed by atoms with van der Waals surface area (Å²) in [7, 11) is 0. The van der Waals surface area contributed by atoms with Gasteiger partial charge in [0, 0.05) is 39.3 Å². The normalized spacial score (nSPS) is 16.1. The van der Waals surface area contributed by atoms with Crippen LogP contribution in [0.1, 0.15) is 16.7 Å². The Hall–Kier alpha value is -3.31. The molecule has 0 spiro atoms. The first-order valence-electron chi connectivity index (χ1n) is 10.1. The standard InChI is InChI=1S/C20H21F3N2O2.C2H2O4/c21-20(22,23)17-4-1-15(2-5-17)12-24-7-9-25(10-8-24)13-16-3-6-18-19(11-16)27-14-26-18;3-1(4)2(5)6/h1-6,11H,7-10,12-14H2;(H,3,4)(H,5,6). The Morgan fingerprint density at radius 3 is 1.79 bits per heavy atom. The van der Waals surface area contributed by atoms with E-state index in [4.69, 9.17) is 29.3 Å². The maximum Gasteiger partial charge on any atom is 0.416 e. The van der Waals surface area contributed by atoms with Crippen LogP contribution in [0.15, 0.2) is 42.5 Å². The van der Waals surface area contributed by atoms with Gasteiger partial charge in [-0.3, -0.25) is 9.80 Å². The highest BCUT2D eigenvalue weighted by molar-refractivity contribution is 6.27. The largest absolute Gasteiger partial charge is 0.473 e. The fourth-order valence-electron chi connectivity index (χ4n) is 3.46. The van der Waals surface area contributed by atoms with E-state index in [-0.39, 0.29) is 6.79 Å². The number of carbonyl (C=O) groups is 2. The molecule has 1 fully saturated rings. The summed E-state index contributed by atoms with van der Waals surface area (Å²) >= 11 is 0. The molecule has 0 amide bonds. The number of fused-ring (bicyclic) bond motifs is 1. The smallest absolute Gasteiger partial charge is 0.416 e. The van der Waals surface area contributed by atoms with E-state index >= 15 is 0 Å². The van der Waals surface area contributed by atoms with Crippen LogP contribution in [0.5, 0.6) is 11.5 Å². The van der Waals surface area contributed by atoms with Crippen LogP contribution in [0.4, 0.5) is 13.2 Å². The van der Waals surface area contributed by atoms with Crippen LogP contribution in [0.2, 0.25) is 0 Å². The van der Waals surface area contributed by atoms with Crippen LogP contribution in [0.25, 0.3) is 0 Å². The maximum absolute atomic E-state index is 12.6. The van der Waals surface area contributed by atoms with Crippen molar-refractivity contribution in [2.75, 3.05) is 33.0 Å². The lowest BCUT2D eigenvalue weighted by atomic mass is 10.1. The Balaban J connectivity index is 0.000000454. The Labute approximate surface area is 187 Å². The highest BCUT2D eigenvalue weighted by atomic mass is 19.4. The van der Waals surface area contributed by atoms with E-state index in [9.17, 15) is 13.2 Å². The van der Waals surface area contributed by atoms with Crippen molar-refractivity contribution in [2.45, 2.75) is 19.3 Å². The van der Waals surface area contributed by atoms with Gasteiger partial charge < -0.3 is 19.7 Å². The molecule has 0 unspecified atom stereocenters. The number of carboxylic acids is 2. The number of alkyl halides is 3. The average Bonchev–Trinajstić information content (AvgIpc) is 3.23.